The number of hydrogen-bond acceptors (Lipinski definition) is 4. The first-order valence-corrected chi connectivity index (χ1v) is 11.2. The van der Waals surface area contributed by atoms with Crippen molar-refractivity contribution in [2.75, 3.05) is 11.5 Å². The van der Waals surface area contributed by atoms with Gasteiger partial charge < -0.3 is 15.4 Å². The number of thiocarbonyl (C=S) groups is 1. The van der Waals surface area contributed by atoms with Crippen molar-refractivity contribution < 1.29 is 17.9 Å². The largest absolute Gasteiger partial charge is 0.494 e. The maximum atomic E-state index is 13.5. The third kappa shape index (κ3) is 5.94. The van der Waals surface area contributed by atoms with Crippen molar-refractivity contribution >= 4 is 33.8 Å². The Morgan fingerprint density at radius 1 is 1.18 bits per heavy atom. The van der Waals surface area contributed by atoms with E-state index in [0.717, 1.165) is 28.7 Å². The van der Waals surface area contributed by atoms with Gasteiger partial charge in [-0.1, -0.05) is 13.8 Å². The molecule has 0 saturated carbocycles. The van der Waals surface area contributed by atoms with Crippen LogP contribution < -0.4 is 15.4 Å². The highest BCUT2D eigenvalue weighted by Gasteiger charge is 2.35. The van der Waals surface area contributed by atoms with Crippen LogP contribution in [0.2, 0.25) is 0 Å². The third-order valence-electron chi connectivity index (χ3n) is 5.57. The highest BCUT2D eigenvalue weighted by molar-refractivity contribution is 7.80. The normalized spacial score (nSPS) is 12.4. The minimum absolute atomic E-state index is 0.0272. The number of rotatable bonds is 8. The molecule has 0 saturated heterocycles. The Kier molecular flexibility index (Phi) is 7.94. The number of ether oxygens (including phenoxy) is 1. The second-order valence-corrected chi connectivity index (χ2v) is 8.65. The zero-order chi connectivity index (χ0) is 24.9. The van der Waals surface area contributed by atoms with Crippen LogP contribution in [0.3, 0.4) is 0 Å². The molecule has 34 heavy (non-hydrogen) atoms. The Bertz CT molecular complexity index is 1210. The van der Waals surface area contributed by atoms with Gasteiger partial charge in [-0.05, 0) is 78.8 Å². The summed E-state index contributed by atoms with van der Waals surface area (Å²) in [5.74, 6) is 0.771. The molecule has 1 heterocycles. The van der Waals surface area contributed by atoms with E-state index < -0.39 is 17.3 Å². The molecule has 0 amide bonds. The summed E-state index contributed by atoms with van der Waals surface area (Å²) in [6.07, 6.45) is 0.0631. The second kappa shape index (κ2) is 10.7. The number of hydrogen-bond donors (Lipinski definition) is 1. The first kappa shape index (κ1) is 25.2. The molecule has 0 aliphatic heterocycles. The number of pyridine rings is 1. The van der Waals surface area contributed by atoms with Gasteiger partial charge in [0.05, 0.1) is 23.8 Å². The Balaban J connectivity index is 1.75. The van der Waals surface area contributed by atoms with Crippen molar-refractivity contribution in [2.45, 2.75) is 38.9 Å². The summed E-state index contributed by atoms with van der Waals surface area (Å²) in [6.45, 7) is 4.34. The van der Waals surface area contributed by atoms with Crippen LogP contribution in [0.5, 0.6) is 5.75 Å². The predicted octanol–water partition coefficient (Wildman–Crippen LogP) is 6.06. The summed E-state index contributed by atoms with van der Waals surface area (Å²) in [5, 5.41) is 11.1. The fraction of sp³-hybridized carbons (Fsp3) is 0.320. The van der Waals surface area contributed by atoms with E-state index in [1.807, 2.05) is 38.1 Å². The van der Waals surface area contributed by atoms with E-state index in [9.17, 15) is 13.2 Å². The van der Waals surface area contributed by atoms with Gasteiger partial charge in [0, 0.05) is 29.5 Å². The topological polar surface area (TPSA) is 75.2 Å². The molecule has 2 N–H and O–H groups in total. The number of nitrogens with two attached hydrogens (primary N) is 1. The molecule has 0 aliphatic rings. The number of alkyl halides is 3. The van der Waals surface area contributed by atoms with Gasteiger partial charge in [-0.3, -0.25) is 4.98 Å². The van der Waals surface area contributed by atoms with Crippen LogP contribution in [0.15, 0.2) is 54.9 Å². The monoisotopic (exact) mass is 486 g/mol. The summed E-state index contributed by atoms with van der Waals surface area (Å²) in [7, 11) is 0. The van der Waals surface area contributed by atoms with Crippen molar-refractivity contribution in [2.24, 2.45) is 11.7 Å². The first-order valence-electron chi connectivity index (χ1n) is 10.8. The van der Waals surface area contributed by atoms with Gasteiger partial charge in [0.25, 0.3) is 0 Å². The maximum Gasteiger partial charge on any atom is 0.417 e. The van der Waals surface area contributed by atoms with E-state index in [2.05, 4.69) is 4.98 Å². The van der Waals surface area contributed by atoms with E-state index in [4.69, 9.17) is 28.0 Å². The average Bonchev–Trinajstić information content (AvgIpc) is 2.79. The predicted molar refractivity (Wildman–Crippen MR) is 131 cm³/mol. The molecule has 0 spiro atoms. The summed E-state index contributed by atoms with van der Waals surface area (Å²) in [5.41, 5.74) is 4.72. The van der Waals surface area contributed by atoms with Crippen molar-refractivity contribution in [1.29, 1.82) is 5.26 Å². The average molecular weight is 487 g/mol. The molecule has 1 aromatic heterocycles. The molecule has 2 aromatic carbocycles. The number of aromatic nitrogens is 1. The quantitative estimate of drug-likeness (QED) is 0.308. The molecule has 1 unspecified atom stereocenters. The van der Waals surface area contributed by atoms with E-state index in [-0.39, 0.29) is 22.8 Å². The Morgan fingerprint density at radius 3 is 2.59 bits per heavy atom. The van der Waals surface area contributed by atoms with Crippen LogP contribution in [-0.2, 0) is 6.18 Å². The van der Waals surface area contributed by atoms with Crippen molar-refractivity contribution in [3.63, 3.8) is 0 Å². The maximum absolute atomic E-state index is 13.5. The highest BCUT2D eigenvalue weighted by atomic mass is 32.1. The Hall–Kier alpha value is -3.38. The fourth-order valence-corrected chi connectivity index (χ4v) is 4.13. The van der Waals surface area contributed by atoms with Crippen molar-refractivity contribution in [3.8, 4) is 11.8 Å². The molecule has 0 radical (unpaired) electrons. The number of fused-ring (bicyclic) bond motifs is 1. The van der Waals surface area contributed by atoms with E-state index in [1.54, 1.807) is 23.4 Å². The van der Waals surface area contributed by atoms with Crippen molar-refractivity contribution in [3.05, 3.63) is 66.0 Å². The summed E-state index contributed by atoms with van der Waals surface area (Å²) in [4.78, 5) is 5.63. The fourth-order valence-electron chi connectivity index (χ4n) is 3.89. The second-order valence-electron chi connectivity index (χ2n) is 8.23. The van der Waals surface area contributed by atoms with Gasteiger partial charge in [-0.2, -0.15) is 18.4 Å². The van der Waals surface area contributed by atoms with E-state index >= 15 is 0 Å². The van der Waals surface area contributed by atoms with Gasteiger partial charge in [-0.15, -0.1) is 0 Å². The Morgan fingerprint density at radius 2 is 1.94 bits per heavy atom. The third-order valence-corrected chi connectivity index (χ3v) is 5.77. The molecule has 3 rings (SSSR count). The van der Waals surface area contributed by atoms with Crippen LogP contribution in [0.1, 0.15) is 37.8 Å². The SMILES string of the molecule is CC(C)C(CCCOc1ccc2cnccc2c1)N(C(N)=S)c1ccc(C#N)c(C(F)(F)F)c1. The summed E-state index contributed by atoms with van der Waals surface area (Å²) >= 11 is 5.21. The summed E-state index contributed by atoms with van der Waals surface area (Å²) in [6, 6.07) is 12.5. The lowest BCUT2D eigenvalue weighted by molar-refractivity contribution is -0.137. The highest BCUT2D eigenvalue weighted by Crippen LogP contribution is 2.35. The molecule has 5 nitrogen and oxygen atoms in total. The van der Waals surface area contributed by atoms with Crippen LogP contribution >= 0.6 is 12.2 Å². The van der Waals surface area contributed by atoms with Crippen LogP contribution in [0.25, 0.3) is 10.8 Å². The molecule has 0 aliphatic carbocycles. The number of nitriles is 1. The van der Waals surface area contributed by atoms with Crippen LogP contribution in [0, 0.1) is 17.2 Å². The minimum Gasteiger partial charge on any atom is -0.494 e. The van der Waals surface area contributed by atoms with E-state index in [1.165, 1.54) is 6.07 Å². The van der Waals surface area contributed by atoms with Gasteiger partial charge >= 0.3 is 6.18 Å². The molecule has 9 heteroatoms. The zero-order valence-electron chi connectivity index (χ0n) is 18.8. The van der Waals surface area contributed by atoms with Crippen LogP contribution in [-0.4, -0.2) is 22.7 Å². The number of halogens is 3. The van der Waals surface area contributed by atoms with Gasteiger partial charge in [0.1, 0.15) is 5.75 Å². The zero-order valence-corrected chi connectivity index (χ0v) is 19.7. The molecule has 178 valence electrons. The molecular formula is C25H25F3N4OS. The molecule has 3 aromatic rings. The number of anilines is 1. The standard InChI is InChI=1S/C25H25F3N4OS/c1-16(2)23(4-3-11-33-21-8-6-19-15-31-10-9-17(19)12-21)32(24(30)34)20-7-5-18(14-29)22(13-20)25(26,27)28/h5-10,12-13,15-16,23H,3-4,11H2,1-2H3,(H2,30,34). The van der Waals surface area contributed by atoms with Crippen LogP contribution in [0.4, 0.5) is 18.9 Å². The van der Waals surface area contributed by atoms with Gasteiger partial charge in [0.2, 0.25) is 0 Å². The molecular weight excluding hydrogens is 461 g/mol. The smallest absolute Gasteiger partial charge is 0.417 e. The van der Waals surface area contributed by atoms with E-state index in [0.29, 0.717) is 19.4 Å². The van der Waals surface area contributed by atoms with Gasteiger partial charge in [0.15, 0.2) is 5.11 Å². The molecule has 0 bridgehead atoms. The van der Waals surface area contributed by atoms with Gasteiger partial charge in [-0.25, -0.2) is 0 Å². The number of nitrogens with zero attached hydrogens (tertiary/aromatic N) is 3. The summed E-state index contributed by atoms with van der Waals surface area (Å²) < 4.78 is 46.4. The molecule has 1 atom stereocenters. The lowest BCUT2D eigenvalue weighted by atomic mass is 9.96. The lowest BCUT2D eigenvalue weighted by Gasteiger charge is -2.35. The molecule has 0 fully saturated rings. The Labute approximate surface area is 202 Å². The number of benzene rings is 2. The first-order chi connectivity index (χ1) is 16.1. The minimum atomic E-state index is -4.67. The lowest BCUT2D eigenvalue weighted by Crippen LogP contribution is -2.46. The van der Waals surface area contributed by atoms with Crippen molar-refractivity contribution in [1.82, 2.24) is 4.98 Å².